The van der Waals surface area contributed by atoms with Gasteiger partial charge in [0.25, 0.3) is 0 Å². The lowest BCUT2D eigenvalue weighted by molar-refractivity contribution is 0.358. The van der Waals surface area contributed by atoms with E-state index >= 15 is 0 Å². The van der Waals surface area contributed by atoms with Gasteiger partial charge >= 0.3 is 0 Å². The minimum Gasteiger partial charge on any atom is -0.338 e. The molecule has 1 N–H and O–H groups in total. The van der Waals surface area contributed by atoms with Gasteiger partial charge in [-0.05, 0) is 37.5 Å². The first-order chi connectivity index (χ1) is 9.70. The highest BCUT2D eigenvalue weighted by Gasteiger charge is 2.12. The maximum absolute atomic E-state index is 13.6. The van der Waals surface area contributed by atoms with Crippen molar-refractivity contribution in [2.24, 2.45) is 0 Å². The van der Waals surface area contributed by atoms with Crippen molar-refractivity contribution in [3.8, 4) is 11.4 Å². The largest absolute Gasteiger partial charge is 0.338 e. The van der Waals surface area contributed by atoms with Crippen LogP contribution in [0.25, 0.3) is 11.4 Å². The Bertz CT molecular complexity index is 547. The molecule has 0 aliphatic carbocycles. The SMILES string of the molecule is CSCC[C@H](C)NCc1nc(-c2ccccc2F)no1. The highest BCUT2D eigenvalue weighted by molar-refractivity contribution is 7.98. The van der Waals surface area contributed by atoms with E-state index in [1.807, 2.05) is 11.8 Å². The van der Waals surface area contributed by atoms with Crippen LogP contribution in [0.4, 0.5) is 4.39 Å². The fourth-order valence-corrected chi connectivity index (χ4v) is 2.33. The lowest BCUT2D eigenvalue weighted by atomic mass is 10.2. The molecule has 0 unspecified atom stereocenters. The molecule has 0 spiro atoms. The molecule has 6 heteroatoms. The molecular weight excluding hydrogens is 277 g/mol. The van der Waals surface area contributed by atoms with Crippen molar-refractivity contribution in [1.29, 1.82) is 0 Å². The predicted molar refractivity (Wildman–Crippen MR) is 79.0 cm³/mol. The lowest BCUT2D eigenvalue weighted by Gasteiger charge is -2.10. The Labute approximate surface area is 122 Å². The average Bonchev–Trinajstić information content (AvgIpc) is 2.92. The normalized spacial score (nSPS) is 12.6. The Kier molecular flexibility index (Phi) is 5.55. The molecule has 0 radical (unpaired) electrons. The van der Waals surface area contributed by atoms with Gasteiger partial charge in [-0.1, -0.05) is 17.3 Å². The van der Waals surface area contributed by atoms with Crippen LogP contribution in [0.3, 0.4) is 0 Å². The first kappa shape index (κ1) is 15.0. The average molecular weight is 295 g/mol. The molecule has 2 aromatic rings. The van der Waals surface area contributed by atoms with Crippen LogP contribution in [0, 0.1) is 5.82 Å². The summed E-state index contributed by atoms with van der Waals surface area (Å²) in [5.74, 6) is 1.52. The summed E-state index contributed by atoms with van der Waals surface area (Å²) < 4.78 is 18.7. The van der Waals surface area contributed by atoms with Gasteiger partial charge in [-0.25, -0.2) is 4.39 Å². The minimum absolute atomic E-state index is 0.289. The van der Waals surface area contributed by atoms with E-state index in [0.717, 1.165) is 12.2 Å². The van der Waals surface area contributed by atoms with Crippen molar-refractivity contribution in [2.45, 2.75) is 25.9 Å². The van der Waals surface area contributed by atoms with E-state index < -0.39 is 0 Å². The second-order valence-corrected chi connectivity index (χ2v) is 5.54. The van der Waals surface area contributed by atoms with Gasteiger partial charge in [-0.3, -0.25) is 0 Å². The zero-order valence-corrected chi connectivity index (χ0v) is 12.4. The third-order valence-electron chi connectivity index (χ3n) is 2.94. The fraction of sp³-hybridized carbons (Fsp3) is 0.429. The fourth-order valence-electron chi connectivity index (χ4n) is 1.74. The molecule has 0 saturated heterocycles. The first-order valence-electron chi connectivity index (χ1n) is 6.50. The van der Waals surface area contributed by atoms with E-state index in [1.165, 1.54) is 6.07 Å². The van der Waals surface area contributed by atoms with Crippen molar-refractivity contribution in [1.82, 2.24) is 15.5 Å². The topological polar surface area (TPSA) is 51.0 Å². The van der Waals surface area contributed by atoms with Crippen LogP contribution < -0.4 is 5.32 Å². The number of hydrogen-bond acceptors (Lipinski definition) is 5. The molecule has 1 aromatic carbocycles. The van der Waals surface area contributed by atoms with Gasteiger partial charge in [-0.2, -0.15) is 16.7 Å². The summed E-state index contributed by atoms with van der Waals surface area (Å²) in [5.41, 5.74) is 0.359. The van der Waals surface area contributed by atoms with Crippen LogP contribution in [0.1, 0.15) is 19.2 Å². The van der Waals surface area contributed by atoms with Crippen molar-refractivity contribution < 1.29 is 8.91 Å². The molecule has 1 atom stereocenters. The van der Waals surface area contributed by atoms with Gasteiger partial charge in [0.05, 0.1) is 12.1 Å². The van der Waals surface area contributed by atoms with E-state index in [9.17, 15) is 4.39 Å². The Morgan fingerprint density at radius 3 is 2.95 bits per heavy atom. The summed E-state index contributed by atoms with van der Waals surface area (Å²) in [6, 6.07) is 6.78. The number of rotatable bonds is 7. The van der Waals surface area contributed by atoms with Crippen molar-refractivity contribution in [3.05, 3.63) is 36.0 Å². The molecule has 0 amide bonds. The zero-order chi connectivity index (χ0) is 14.4. The molecule has 0 saturated carbocycles. The van der Waals surface area contributed by atoms with Crippen LogP contribution in [-0.2, 0) is 6.54 Å². The second kappa shape index (κ2) is 7.40. The molecule has 1 aromatic heterocycles. The maximum atomic E-state index is 13.6. The van der Waals surface area contributed by atoms with Crippen LogP contribution in [0.15, 0.2) is 28.8 Å². The Morgan fingerprint density at radius 1 is 1.40 bits per heavy atom. The van der Waals surface area contributed by atoms with E-state index in [4.69, 9.17) is 4.52 Å². The quantitative estimate of drug-likeness (QED) is 0.850. The second-order valence-electron chi connectivity index (χ2n) is 4.55. The van der Waals surface area contributed by atoms with Crippen LogP contribution in [0.5, 0.6) is 0 Å². The van der Waals surface area contributed by atoms with Crippen LogP contribution in [0.2, 0.25) is 0 Å². The molecular formula is C14H18FN3OS. The number of halogens is 1. The molecule has 108 valence electrons. The van der Waals surface area contributed by atoms with Gasteiger partial charge in [0, 0.05) is 6.04 Å². The highest BCUT2D eigenvalue weighted by Crippen LogP contribution is 2.19. The molecule has 0 aliphatic rings. The zero-order valence-electron chi connectivity index (χ0n) is 11.6. The number of thioether (sulfide) groups is 1. The summed E-state index contributed by atoms with van der Waals surface area (Å²) >= 11 is 1.82. The lowest BCUT2D eigenvalue weighted by Crippen LogP contribution is -2.26. The third-order valence-corrected chi connectivity index (χ3v) is 3.58. The van der Waals surface area contributed by atoms with Crippen molar-refractivity contribution in [2.75, 3.05) is 12.0 Å². The Morgan fingerprint density at radius 2 is 2.20 bits per heavy atom. The number of nitrogens with one attached hydrogen (secondary N) is 1. The maximum Gasteiger partial charge on any atom is 0.240 e. The van der Waals surface area contributed by atoms with Gasteiger partial charge < -0.3 is 9.84 Å². The molecule has 0 aliphatic heterocycles. The van der Waals surface area contributed by atoms with Gasteiger partial charge in [0.2, 0.25) is 11.7 Å². The number of hydrogen-bond donors (Lipinski definition) is 1. The minimum atomic E-state index is -0.346. The van der Waals surface area contributed by atoms with Gasteiger partial charge in [-0.15, -0.1) is 0 Å². The summed E-state index contributed by atoms with van der Waals surface area (Å²) in [6.07, 6.45) is 3.17. The molecule has 20 heavy (non-hydrogen) atoms. The number of nitrogens with zero attached hydrogens (tertiary/aromatic N) is 2. The van der Waals surface area contributed by atoms with Crippen molar-refractivity contribution >= 4 is 11.8 Å². The van der Waals surface area contributed by atoms with Gasteiger partial charge in [0.1, 0.15) is 5.82 Å². The van der Waals surface area contributed by atoms with E-state index in [1.54, 1.807) is 18.2 Å². The van der Waals surface area contributed by atoms with Crippen molar-refractivity contribution in [3.63, 3.8) is 0 Å². The summed E-state index contributed by atoms with van der Waals surface area (Å²) in [5, 5.41) is 7.13. The molecule has 0 fully saturated rings. The Hall–Kier alpha value is -1.40. The number of aromatic nitrogens is 2. The van der Waals surface area contributed by atoms with E-state index in [2.05, 4.69) is 28.6 Å². The van der Waals surface area contributed by atoms with Crippen LogP contribution >= 0.6 is 11.8 Å². The molecule has 0 bridgehead atoms. The van der Waals surface area contributed by atoms with E-state index in [-0.39, 0.29) is 11.6 Å². The number of benzene rings is 1. The predicted octanol–water partition coefficient (Wildman–Crippen LogP) is 3.11. The van der Waals surface area contributed by atoms with Crippen LogP contribution in [-0.4, -0.2) is 28.2 Å². The highest BCUT2D eigenvalue weighted by atomic mass is 32.2. The van der Waals surface area contributed by atoms with E-state index in [0.29, 0.717) is 24.0 Å². The Balaban J connectivity index is 1.94. The smallest absolute Gasteiger partial charge is 0.240 e. The standard InChI is InChI=1S/C14H18FN3OS/c1-10(7-8-20-2)16-9-13-17-14(18-19-13)11-5-3-4-6-12(11)15/h3-6,10,16H,7-9H2,1-2H3/t10-/m0/s1. The summed E-state index contributed by atoms with van der Waals surface area (Å²) in [7, 11) is 0. The first-order valence-corrected chi connectivity index (χ1v) is 7.90. The molecule has 4 nitrogen and oxygen atoms in total. The summed E-state index contributed by atoms with van der Waals surface area (Å²) in [4.78, 5) is 4.21. The third kappa shape index (κ3) is 4.05. The molecule has 1 heterocycles. The molecule has 2 rings (SSSR count). The monoisotopic (exact) mass is 295 g/mol. The van der Waals surface area contributed by atoms with Gasteiger partial charge in [0.15, 0.2) is 0 Å². The summed E-state index contributed by atoms with van der Waals surface area (Å²) in [6.45, 7) is 2.61.